The molecule has 59 heavy (non-hydrogen) atoms. The number of fused-ring (bicyclic) bond motifs is 2. The zero-order valence-corrected chi connectivity index (χ0v) is 32.1. The topological polar surface area (TPSA) is 21.7 Å². The van der Waals surface area contributed by atoms with Crippen molar-refractivity contribution in [2.24, 2.45) is 0 Å². The molecular weight excluding hydrogens is 719 g/mol. The molecule has 0 amide bonds. The molecule has 1 aliphatic rings. The van der Waals surface area contributed by atoms with E-state index >= 15 is 0 Å². The number of ether oxygens (including phenoxy) is 2. The molecule has 1 aliphatic heterocycles. The highest BCUT2D eigenvalue weighted by atomic mass is 16.5. The summed E-state index contributed by atoms with van der Waals surface area (Å²) in [4.78, 5) is 2.37. The van der Waals surface area contributed by atoms with Gasteiger partial charge in [0.25, 0.3) is 0 Å². The molecule has 0 unspecified atom stereocenters. The molecule has 0 bridgehead atoms. The lowest BCUT2D eigenvalue weighted by atomic mass is 9.92. The Morgan fingerprint density at radius 1 is 0.288 bits per heavy atom. The van der Waals surface area contributed by atoms with Crippen molar-refractivity contribution in [1.82, 2.24) is 0 Å². The van der Waals surface area contributed by atoms with Gasteiger partial charge in [-0.25, -0.2) is 0 Å². The van der Waals surface area contributed by atoms with Crippen molar-refractivity contribution in [3.05, 3.63) is 224 Å². The summed E-state index contributed by atoms with van der Waals surface area (Å²) >= 11 is 0. The molecule has 278 valence electrons. The van der Waals surface area contributed by atoms with Gasteiger partial charge in [0.2, 0.25) is 0 Å². The zero-order valence-electron chi connectivity index (χ0n) is 32.1. The summed E-state index contributed by atoms with van der Waals surface area (Å²) in [5, 5.41) is 4.52. The number of hydrogen-bond donors (Lipinski definition) is 0. The minimum atomic E-state index is 0.681. The summed E-state index contributed by atoms with van der Waals surface area (Å²) in [6, 6.07) is 79.3. The van der Waals surface area contributed by atoms with E-state index in [1.807, 2.05) is 30.3 Å². The second-order valence-electron chi connectivity index (χ2n) is 14.8. The second-order valence-corrected chi connectivity index (χ2v) is 14.8. The highest BCUT2D eigenvalue weighted by molar-refractivity contribution is 5.99. The molecule has 0 saturated carbocycles. The van der Waals surface area contributed by atoms with Gasteiger partial charge in [0.05, 0.1) is 11.1 Å². The van der Waals surface area contributed by atoms with Crippen LogP contribution in [-0.2, 0) is 0 Å². The van der Waals surface area contributed by atoms with E-state index in [4.69, 9.17) is 9.47 Å². The average Bonchev–Trinajstić information content (AvgIpc) is 3.47. The first-order chi connectivity index (χ1) is 29.3. The summed E-state index contributed by atoms with van der Waals surface area (Å²) < 4.78 is 13.5. The summed E-state index contributed by atoms with van der Waals surface area (Å²) in [5.41, 5.74) is 12.1. The number of rotatable bonds is 7. The van der Waals surface area contributed by atoms with Crippen LogP contribution in [0.25, 0.3) is 66.1 Å². The maximum absolute atomic E-state index is 6.85. The molecule has 3 nitrogen and oxygen atoms in total. The predicted molar refractivity (Wildman–Crippen MR) is 244 cm³/mol. The number of para-hydroxylation sites is 2. The van der Waals surface area contributed by atoms with Gasteiger partial charge in [0.15, 0.2) is 11.5 Å². The molecule has 1 heterocycles. The fourth-order valence-electron chi connectivity index (χ4n) is 8.56. The van der Waals surface area contributed by atoms with Gasteiger partial charge >= 0.3 is 0 Å². The molecule has 0 atom stereocenters. The van der Waals surface area contributed by atoms with Crippen LogP contribution in [0.4, 0.5) is 17.1 Å². The molecule has 0 aliphatic carbocycles. The first kappa shape index (κ1) is 34.4. The Kier molecular flexibility index (Phi) is 8.49. The third kappa shape index (κ3) is 6.17. The highest BCUT2D eigenvalue weighted by Crippen LogP contribution is 2.52. The van der Waals surface area contributed by atoms with E-state index in [0.29, 0.717) is 11.5 Å². The van der Waals surface area contributed by atoms with Crippen molar-refractivity contribution >= 4 is 38.6 Å². The lowest BCUT2D eigenvalue weighted by molar-refractivity contribution is 0.441. The zero-order chi connectivity index (χ0) is 39.1. The van der Waals surface area contributed by atoms with Crippen LogP contribution in [0.5, 0.6) is 23.0 Å². The van der Waals surface area contributed by atoms with Gasteiger partial charge in [0, 0.05) is 22.5 Å². The van der Waals surface area contributed by atoms with Crippen molar-refractivity contribution in [2.75, 3.05) is 4.90 Å². The van der Waals surface area contributed by atoms with E-state index in [9.17, 15) is 0 Å². The Morgan fingerprint density at radius 2 is 0.780 bits per heavy atom. The molecule has 0 saturated heterocycles. The standard InChI is InChI=1S/C56H37NO2/c1-2-14-38(15-3-1)39-30-34-43(35-31-39)57(44-36-32-41(33-37-44)46-24-10-17-40-16-4-5-20-45(40)46)51-26-9-8-23-49(51)47-21-6-7-22-48(47)50-25-13-29-54-56(50)59-53-28-12-19-42-18-11-27-52(58-54)55(42)53/h1-37H. The maximum atomic E-state index is 6.85. The Morgan fingerprint density at radius 3 is 1.54 bits per heavy atom. The van der Waals surface area contributed by atoms with E-state index in [0.717, 1.165) is 61.6 Å². The molecule has 0 aromatic heterocycles. The van der Waals surface area contributed by atoms with Crippen LogP contribution in [0, 0.1) is 0 Å². The average molecular weight is 756 g/mol. The summed E-state index contributed by atoms with van der Waals surface area (Å²) in [7, 11) is 0. The van der Waals surface area contributed by atoms with Crippen LogP contribution in [0.2, 0.25) is 0 Å². The molecule has 0 N–H and O–H groups in total. The third-order valence-corrected chi connectivity index (χ3v) is 11.4. The Balaban J connectivity index is 1.06. The van der Waals surface area contributed by atoms with Crippen molar-refractivity contribution < 1.29 is 9.47 Å². The second kappa shape index (κ2) is 14.6. The van der Waals surface area contributed by atoms with Gasteiger partial charge in [-0.3, -0.25) is 0 Å². The molecule has 0 radical (unpaired) electrons. The van der Waals surface area contributed by atoms with Crippen molar-refractivity contribution in [1.29, 1.82) is 0 Å². The normalized spacial score (nSPS) is 11.7. The summed E-state index contributed by atoms with van der Waals surface area (Å²) in [6.07, 6.45) is 0. The first-order valence-electron chi connectivity index (χ1n) is 20.0. The number of hydrogen-bond acceptors (Lipinski definition) is 3. The van der Waals surface area contributed by atoms with Crippen LogP contribution in [0.3, 0.4) is 0 Å². The molecule has 3 heteroatoms. The number of benzene rings is 10. The molecule has 0 spiro atoms. The lowest BCUT2D eigenvalue weighted by Crippen LogP contribution is -2.11. The predicted octanol–water partition coefficient (Wildman–Crippen LogP) is 16.0. The SMILES string of the molecule is c1ccc(-c2ccc(N(c3ccc(-c4cccc5ccccc45)cc3)c3ccccc3-c3ccccc3-c3cccc4c3Oc3cccc5cccc(c35)O4)cc2)cc1. The van der Waals surface area contributed by atoms with E-state index in [2.05, 4.69) is 199 Å². The monoisotopic (exact) mass is 755 g/mol. The van der Waals surface area contributed by atoms with E-state index < -0.39 is 0 Å². The minimum absolute atomic E-state index is 0.681. The molecule has 10 aromatic rings. The van der Waals surface area contributed by atoms with Gasteiger partial charge in [-0.1, -0.05) is 176 Å². The van der Waals surface area contributed by atoms with Gasteiger partial charge in [-0.2, -0.15) is 0 Å². The Hall–Kier alpha value is -7.88. The van der Waals surface area contributed by atoms with Crippen LogP contribution < -0.4 is 14.4 Å². The van der Waals surface area contributed by atoms with Crippen LogP contribution >= 0.6 is 0 Å². The number of anilines is 3. The maximum Gasteiger partial charge on any atom is 0.177 e. The lowest BCUT2D eigenvalue weighted by Gasteiger charge is -2.29. The quantitative estimate of drug-likeness (QED) is 0.162. The number of nitrogens with zero attached hydrogens (tertiary/aromatic N) is 1. The fourth-order valence-corrected chi connectivity index (χ4v) is 8.56. The largest absolute Gasteiger partial charge is 0.453 e. The minimum Gasteiger partial charge on any atom is -0.453 e. The van der Waals surface area contributed by atoms with Crippen LogP contribution in [0.1, 0.15) is 0 Å². The van der Waals surface area contributed by atoms with Crippen molar-refractivity contribution in [2.45, 2.75) is 0 Å². The Bertz CT molecular complexity index is 3140. The first-order valence-corrected chi connectivity index (χ1v) is 20.0. The molecule has 0 fully saturated rings. The third-order valence-electron chi connectivity index (χ3n) is 11.4. The molecule has 10 aromatic carbocycles. The molecule has 11 rings (SSSR count). The van der Waals surface area contributed by atoms with Gasteiger partial charge in [-0.05, 0) is 98.1 Å². The smallest absolute Gasteiger partial charge is 0.177 e. The van der Waals surface area contributed by atoms with Gasteiger partial charge < -0.3 is 14.4 Å². The van der Waals surface area contributed by atoms with Crippen LogP contribution in [0.15, 0.2) is 224 Å². The van der Waals surface area contributed by atoms with E-state index in [-0.39, 0.29) is 0 Å². The summed E-state index contributed by atoms with van der Waals surface area (Å²) in [6.45, 7) is 0. The van der Waals surface area contributed by atoms with Gasteiger partial charge in [0.1, 0.15) is 11.5 Å². The van der Waals surface area contributed by atoms with E-state index in [1.165, 1.54) is 33.0 Å². The van der Waals surface area contributed by atoms with E-state index in [1.54, 1.807) is 0 Å². The molecular formula is C56H37NO2. The van der Waals surface area contributed by atoms with Crippen molar-refractivity contribution in [3.63, 3.8) is 0 Å². The van der Waals surface area contributed by atoms with Crippen LogP contribution in [-0.4, -0.2) is 0 Å². The Labute approximate surface area is 343 Å². The summed E-state index contributed by atoms with van der Waals surface area (Å²) in [5.74, 6) is 2.94. The fraction of sp³-hybridized carbons (Fsp3) is 0. The van der Waals surface area contributed by atoms with Crippen molar-refractivity contribution in [3.8, 4) is 67.5 Å². The van der Waals surface area contributed by atoms with Gasteiger partial charge in [-0.15, -0.1) is 0 Å². The highest BCUT2D eigenvalue weighted by Gasteiger charge is 2.25.